The molecule has 0 unspecified atom stereocenters. The average molecular weight is 728 g/mol. The van der Waals surface area contributed by atoms with Gasteiger partial charge in [-0.1, -0.05) is 0 Å². The predicted molar refractivity (Wildman–Crippen MR) is 226 cm³/mol. The van der Waals surface area contributed by atoms with Gasteiger partial charge in [-0.25, -0.2) is 0 Å². The van der Waals surface area contributed by atoms with Crippen LogP contribution in [-0.2, 0) is 25.7 Å². The van der Waals surface area contributed by atoms with Gasteiger partial charge in [0.15, 0.2) is 0 Å². The van der Waals surface area contributed by atoms with Crippen molar-refractivity contribution in [3.8, 4) is 44.5 Å². The van der Waals surface area contributed by atoms with Crippen molar-refractivity contribution in [2.75, 3.05) is 0 Å². The molecule has 0 saturated carbocycles. The third-order valence-corrected chi connectivity index (χ3v) is 14.1. The van der Waals surface area contributed by atoms with E-state index < -0.39 is 15.4 Å². The predicted octanol–water partition coefficient (Wildman–Crippen LogP) is 12.1. The molecule has 2 radical (unpaired) electrons. The van der Waals surface area contributed by atoms with Gasteiger partial charge in [-0.3, -0.25) is 0 Å². The first-order valence-electron chi connectivity index (χ1n) is 19.0. The van der Waals surface area contributed by atoms with Crippen LogP contribution in [0.5, 0.6) is 0 Å². The molecule has 6 aromatic carbocycles. The number of aryl methyl sites for hydroxylation is 10. The first-order valence-corrected chi connectivity index (χ1v) is 21.1. The first kappa shape index (κ1) is 36.6. The van der Waals surface area contributed by atoms with Crippen molar-refractivity contribution in [3.63, 3.8) is 0 Å². The summed E-state index contributed by atoms with van der Waals surface area (Å²) in [6.07, 6.45) is 4.07. The van der Waals surface area contributed by atoms with Gasteiger partial charge in [0.25, 0.3) is 0 Å². The summed E-state index contributed by atoms with van der Waals surface area (Å²) in [7, 11) is 0. The zero-order valence-electron chi connectivity index (χ0n) is 32.6. The topological polar surface area (TPSA) is 0 Å². The third-order valence-electron chi connectivity index (χ3n) is 10.8. The van der Waals surface area contributed by atoms with Gasteiger partial charge in [-0.05, 0) is 0 Å². The van der Waals surface area contributed by atoms with Gasteiger partial charge >= 0.3 is 316 Å². The maximum atomic E-state index is 2.45. The maximum absolute atomic E-state index is 2.45. The van der Waals surface area contributed by atoms with Crippen LogP contribution in [0.1, 0.15) is 83.3 Å². The second-order valence-electron chi connectivity index (χ2n) is 14.4. The fourth-order valence-corrected chi connectivity index (χ4v) is 12.1. The fourth-order valence-electron chi connectivity index (χ4n) is 8.72. The molecule has 0 aliphatic heterocycles. The molecule has 1 heteroatoms. The van der Waals surface area contributed by atoms with Gasteiger partial charge in [0.2, 0.25) is 0 Å². The van der Waals surface area contributed by atoms with Crippen LogP contribution in [0, 0.1) is 41.5 Å². The van der Waals surface area contributed by atoms with E-state index in [2.05, 4.69) is 166 Å². The summed E-state index contributed by atoms with van der Waals surface area (Å²) in [5, 5.41) is 0. The van der Waals surface area contributed by atoms with Crippen molar-refractivity contribution in [1.82, 2.24) is 0 Å². The molecule has 6 aromatic rings. The van der Waals surface area contributed by atoms with E-state index in [0.717, 1.165) is 25.7 Å². The number of hydrogen-bond donors (Lipinski definition) is 0. The SMILES string of the molecule is CCc1cccc(CC)c1-c1cccc(-c2c(CC)cccc2CC)[c]1[Ge][c]1c(-c2c(C)cc(C)cc2C)cccc1-c1c(C)cc(C)cc1C. The van der Waals surface area contributed by atoms with Gasteiger partial charge < -0.3 is 0 Å². The Morgan fingerprint density at radius 2 is 0.608 bits per heavy atom. The van der Waals surface area contributed by atoms with Gasteiger partial charge in [0.1, 0.15) is 0 Å². The van der Waals surface area contributed by atoms with Gasteiger partial charge in [-0.15, -0.1) is 0 Å². The number of rotatable bonds is 10. The molecular weight excluding hydrogens is 673 g/mol. The van der Waals surface area contributed by atoms with E-state index in [1.165, 1.54) is 105 Å². The van der Waals surface area contributed by atoms with Crippen LogP contribution in [0.15, 0.2) is 97.1 Å². The molecule has 0 nitrogen and oxygen atoms in total. The van der Waals surface area contributed by atoms with Crippen molar-refractivity contribution in [2.24, 2.45) is 0 Å². The molecular formula is C50H54Ge. The van der Waals surface area contributed by atoms with Crippen molar-refractivity contribution in [3.05, 3.63) is 153 Å². The second kappa shape index (κ2) is 15.6. The Balaban J connectivity index is 1.78. The molecule has 0 aliphatic rings. The minimum absolute atomic E-state index is 0.909. The molecule has 6 rings (SSSR count). The molecule has 0 bridgehead atoms. The third kappa shape index (κ3) is 7.05. The molecule has 51 heavy (non-hydrogen) atoms. The van der Waals surface area contributed by atoms with Crippen LogP contribution in [0.4, 0.5) is 0 Å². The monoisotopic (exact) mass is 728 g/mol. The quantitative estimate of drug-likeness (QED) is 0.123. The Hall–Kier alpha value is -4.14. The van der Waals surface area contributed by atoms with E-state index in [4.69, 9.17) is 0 Å². The molecule has 0 N–H and O–H groups in total. The van der Waals surface area contributed by atoms with Crippen molar-refractivity contribution < 1.29 is 0 Å². The molecule has 0 atom stereocenters. The Morgan fingerprint density at radius 3 is 0.882 bits per heavy atom. The summed E-state index contributed by atoms with van der Waals surface area (Å²) in [5.41, 5.74) is 25.3. The van der Waals surface area contributed by atoms with Crippen LogP contribution < -0.4 is 8.79 Å². The second-order valence-corrected chi connectivity index (χ2v) is 17.1. The van der Waals surface area contributed by atoms with E-state index in [1.807, 2.05) is 0 Å². The molecule has 0 spiro atoms. The van der Waals surface area contributed by atoms with Crippen LogP contribution in [0.2, 0.25) is 0 Å². The first-order chi connectivity index (χ1) is 24.6. The molecule has 0 amide bonds. The minimum atomic E-state index is -0.909. The van der Waals surface area contributed by atoms with Crippen LogP contribution >= 0.6 is 0 Å². The van der Waals surface area contributed by atoms with E-state index in [1.54, 1.807) is 4.40 Å². The molecule has 0 saturated heterocycles. The van der Waals surface area contributed by atoms with Crippen LogP contribution in [-0.4, -0.2) is 15.4 Å². The van der Waals surface area contributed by atoms with Crippen LogP contribution in [0.25, 0.3) is 44.5 Å². The molecule has 0 aromatic heterocycles. The van der Waals surface area contributed by atoms with Crippen molar-refractivity contribution in [2.45, 2.75) is 94.9 Å². The van der Waals surface area contributed by atoms with Gasteiger partial charge in [0.05, 0.1) is 0 Å². The zero-order valence-corrected chi connectivity index (χ0v) is 34.7. The van der Waals surface area contributed by atoms with Gasteiger partial charge in [0, 0.05) is 0 Å². The molecule has 0 fully saturated rings. The fraction of sp³-hybridized carbons (Fsp3) is 0.280. The summed E-state index contributed by atoms with van der Waals surface area (Å²) in [5.74, 6) is 0. The van der Waals surface area contributed by atoms with E-state index in [0.29, 0.717) is 0 Å². The average Bonchev–Trinajstić information content (AvgIpc) is 3.11. The number of hydrogen-bond acceptors (Lipinski definition) is 0. The zero-order chi connectivity index (χ0) is 36.4. The Kier molecular flexibility index (Phi) is 11.2. The summed E-state index contributed by atoms with van der Waals surface area (Å²) >= 11 is -0.909. The molecule has 0 aliphatic carbocycles. The summed E-state index contributed by atoms with van der Waals surface area (Å²) in [6, 6.07) is 37.9. The van der Waals surface area contributed by atoms with Crippen molar-refractivity contribution in [1.29, 1.82) is 0 Å². The Labute approximate surface area is 314 Å². The molecule has 258 valence electrons. The standard InChI is InChI=1S/C50H54Ge/c1-11-37-19-15-20-38(12-2)47(37)43-25-18-26-44(48-39(13-3)21-16-22-40(48)14-4)50(43)51-49-41(45-33(7)27-31(5)28-34(45)8)23-17-24-42(49)46-35(9)29-32(6)30-36(46)10/h15-30H,11-14H2,1-10H3. The van der Waals surface area contributed by atoms with Gasteiger partial charge in [-0.2, -0.15) is 0 Å². The number of benzene rings is 6. The van der Waals surface area contributed by atoms with E-state index in [-0.39, 0.29) is 0 Å². The summed E-state index contributed by atoms with van der Waals surface area (Å²) < 4.78 is 3.09. The molecule has 0 heterocycles. The normalized spacial score (nSPS) is 11.3. The summed E-state index contributed by atoms with van der Waals surface area (Å²) in [4.78, 5) is 0. The van der Waals surface area contributed by atoms with Crippen molar-refractivity contribution >= 4 is 24.2 Å². The van der Waals surface area contributed by atoms with E-state index in [9.17, 15) is 0 Å². The van der Waals surface area contributed by atoms with E-state index >= 15 is 0 Å². The Morgan fingerprint density at radius 1 is 0.353 bits per heavy atom. The van der Waals surface area contributed by atoms with Crippen LogP contribution in [0.3, 0.4) is 0 Å². The summed E-state index contributed by atoms with van der Waals surface area (Å²) in [6.45, 7) is 23.0. The Bertz CT molecular complexity index is 1990.